The standard InChI is InChI=1S/C11H11NO2S2/c1-16(13,14)12-10-6-4-9(5-7-10)11-3-2-8-15-11/h2-8,12H,1H3. The maximum atomic E-state index is 11.0. The van der Waals surface area contributed by atoms with Crippen molar-refractivity contribution in [1.82, 2.24) is 0 Å². The van der Waals surface area contributed by atoms with Gasteiger partial charge in [-0.3, -0.25) is 4.72 Å². The van der Waals surface area contributed by atoms with Gasteiger partial charge < -0.3 is 0 Å². The first-order valence-electron chi connectivity index (χ1n) is 4.66. The molecule has 0 saturated carbocycles. The minimum atomic E-state index is -3.19. The third-order valence-electron chi connectivity index (χ3n) is 1.99. The zero-order valence-corrected chi connectivity index (χ0v) is 10.3. The lowest BCUT2D eigenvalue weighted by atomic mass is 10.2. The summed E-state index contributed by atoms with van der Waals surface area (Å²) in [6.45, 7) is 0. The number of benzene rings is 1. The minimum absolute atomic E-state index is 0.586. The summed E-state index contributed by atoms with van der Waals surface area (Å²) in [5.41, 5.74) is 1.68. The molecule has 0 amide bonds. The van der Waals surface area contributed by atoms with E-state index in [1.807, 2.05) is 29.6 Å². The van der Waals surface area contributed by atoms with Crippen LogP contribution in [-0.4, -0.2) is 14.7 Å². The van der Waals surface area contributed by atoms with Gasteiger partial charge in [0.1, 0.15) is 0 Å². The van der Waals surface area contributed by atoms with Gasteiger partial charge in [-0.05, 0) is 29.1 Å². The van der Waals surface area contributed by atoms with Crippen LogP contribution in [-0.2, 0) is 10.0 Å². The average Bonchev–Trinajstić information content (AvgIpc) is 2.69. The lowest BCUT2D eigenvalue weighted by molar-refractivity contribution is 0.607. The predicted molar refractivity (Wildman–Crippen MR) is 68.2 cm³/mol. The second-order valence-corrected chi connectivity index (χ2v) is 6.13. The van der Waals surface area contributed by atoms with E-state index in [1.54, 1.807) is 23.5 Å². The van der Waals surface area contributed by atoms with Crippen LogP contribution in [0.1, 0.15) is 0 Å². The molecule has 0 radical (unpaired) electrons. The van der Waals surface area contributed by atoms with Crippen molar-refractivity contribution in [3.05, 3.63) is 41.8 Å². The van der Waals surface area contributed by atoms with Crippen molar-refractivity contribution in [1.29, 1.82) is 0 Å². The lowest BCUT2D eigenvalue weighted by Gasteiger charge is -2.04. The van der Waals surface area contributed by atoms with Crippen LogP contribution < -0.4 is 4.72 Å². The maximum Gasteiger partial charge on any atom is 0.229 e. The van der Waals surface area contributed by atoms with E-state index in [4.69, 9.17) is 0 Å². The molecule has 0 aliphatic heterocycles. The Morgan fingerprint density at radius 1 is 1.12 bits per heavy atom. The molecule has 0 saturated heterocycles. The molecule has 3 nitrogen and oxygen atoms in total. The molecule has 0 aliphatic carbocycles. The van der Waals surface area contributed by atoms with Crippen LogP contribution in [0, 0.1) is 0 Å². The Bertz CT molecular complexity index is 557. The molecule has 0 spiro atoms. The molecular formula is C11H11NO2S2. The van der Waals surface area contributed by atoms with E-state index < -0.39 is 10.0 Å². The number of hydrogen-bond acceptors (Lipinski definition) is 3. The van der Waals surface area contributed by atoms with Crippen LogP contribution in [0.4, 0.5) is 5.69 Å². The molecule has 1 heterocycles. The van der Waals surface area contributed by atoms with Crippen molar-refractivity contribution in [3.8, 4) is 10.4 Å². The quantitative estimate of drug-likeness (QED) is 0.914. The van der Waals surface area contributed by atoms with Crippen LogP contribution >= 0.6 is 11.3 Å². The Morgan fingerprint density at radius 2 is 1.81 bits per heavy atom. The van der Waals surface area contributed by atoms with Gasteiger partial charge in [0.15, 0.2) is 0 Å². The molecule has 1 aromatic carbocycles. The number of hydrogen-bond donors (Lipinski definition) is 1. The topological polar surface area (TPSA) is 46.2 Å². The number of thiophene rings is 1. The van der Waals surface area contributed by atoms with Gasteiger partial charge in [0, 0.05) is 10.6 Å². The molecule has 16 heavy (non-hydrogen) atoms. The largest absolute Gasteiger partial charge is 0.284 e. The van der Waals surface area contributed by atoms with Gasteiger partial charge in [-0.2, -0.15) is 0 Å². The zero-order chi connectivity index (χ0) is 11.6. The summed E-state index contributed by atoms with van der Waals surface area (Å²) in [6.07, 6.45) is 1.14. The lowest BCUT2D eigenvalue weighted by Crippen LogP contribution is -2.09. The van der Waals surface area contributed by atoms with Gasteiger partial charge >= 0.3 is 0 Å². The summed E-state index contributed by atoms with van der Waals surface area (Å²) < 4.78 is 24.4. The van der Waals surface area contributed by atoms with Crippen molar-refractivity contribution in [2.75, 3.05) is 11.0 Å². The van der Waals surface area contributed by atoms with Crippen molar-refractivity contribution in [3.63, 3.8) is 0 Å². The van der Waals surface area contributed by atoms with Crippen LogP contribution in [0.3, 0.4) is 0 Å². The van der Waals surface area contributed by atoms with Crippen molar-refractivity contribution in [2.45, 2.75) is 0 Å². The second kappa shape index (κ2) is 4.27. The van der Waals surface area contributed by atoms with Gasteiger partial charge in [0.25, 0.3) is 0 Å². The van der Waals surface area contributed by atoms with E-state index in [0.29, 0.717) is 5.69 Å². The highest BCUT2D eigenvalue weighted by molar-refractivity contribution is 7.92. The number of rotatable bonds is 3. The van der Waals surface area contributed by atoms with Crippen molar-refractivity contribution >= 4 is 27.0 Å². The molecule has 0 bridgehead atoms. The molecule has 0 atom stereocenters. The molecule has 0 aliphatic rings. The molecule has 1 aromatic heterocycles. The second-order valence-electron chi connectivity index (χ2n) is 3.43. The first-order valence-corrected chi connectivity index (χ1v) is 7.43. The van der Waals surface area contributed by atoms with Gasteiger partial charge in [0.2, 0.25) is 10.0 Å². The van der Waals surface area contributed by atoms with Gasteiger partial charge in [-0.15, -0.1) is 11.3 Å². The fraction of sp³-hybridized carbons (Fsp3) is 0.0909. The number of anilines is 1. The minimum Gasteiger partial charge on any atom is -0.284 e. The summed E-state index contributed by atoms with van der Waals surface area (Å²) in [6, 6.07) is 11.3. The monoisotopic (exact) mass is 253 g/mol. The summed E-state index contributed by atoms with van der Waals surface area (Å²) in [5, 5.41) is 2.01. The first kappa shape index (κ1) is 11.2. The fourth-order valence-corrected chi connectivity index (χ4v) is 2.66. The summed E-state index contributed by atoms with van der Waals surface area (Å²) >= 11 is 1.66. The van der Waals surface area contributed by atoms with Crippen LogP contribution in [0.25, 0.3) is 10.4 Å². The van der Waals surface area contributed by atoms with Crippen LogP contribution in [0.15, 0.2) is 41.8 Å². The first-order chi connectivity index (χ1) is 7.54. The van der Waals surface area contributed by atoms with E-state index in [2.05, 4.69) is 4.72 Å². The third-order valence-corrected chi connectivity index (χ3v) is 3.52. The Balaban J connectivity index is 2.24. The fourth-order valence-electron chi connectivity index (χ4n) is 1.36. The van der Waals surface area contributed by atoms with Crippen LogP contribution in [0.5, 0.6) is 0 Å². The van der Waals surface area contributed by atoms with Crippen molar-refractivity contribution in [2.24, 2.45) is 0 Å². The third kappa shape index (κ3) is 2.84. The van der Waals surface area contributed by atoms with E-state index in [-0.39, 0.29) is 0 Å². The number of nitrogens with one attached hydrogen (secondary N) is 1. The Kier molecular flexibility index (Phi) is 2.98. The Labute approximate surface area is 98.8 Å². The molecular weight excluding hydrogens is 242 g/mol. The van der Waals surface area contributed by atoms with Gasteiger partial charge in [-0.1, -0.05) is 18.2 Å². The molecule has 0 fully saturated rings. The Morgan fingerprint density at radius 3 is 2.31 bits per heavy atom. The predicted octanol–water partition coefficient (Wildman–Crippen LogP) is 2.79. The summed E-state index contributed by atoms with van der Waals surface area (Å²) in [4.78, 5) is 1.17. The molecule has 2 aromatic rings. The van der Waals surface area contributed by atoms with Gasteiger partial charge in [0.05, 0.1) is 6.26 Å². The molecule has 5 heteroatoms. The summed E-state index contributed by atoms with van der Waals surface area (Å²) in [5.74, 6) is 0. The van der Waals surface area contributed by atoms with E-state index in [1.165, 1.54) is 4.88 Å². The van der Waals surface area contributed by atoms with Crippen molar-refractivity contribution < 1.29 is 8.42 Å². The summed E-state index contributed by atoms with van der Waals surface area (Å²) in [7, 11) is -3.19. The normalized spacial score (nSPS) is 11.3. The highest BCUT2D eigenvalue weighted by Gasteiger charge is 2.02. The maximum absolute atomic E-state index is 11.0. The number of sulfonamides is 1. The molecule has 0 unspecified atom stereocenters. The SMILES string of the molecule is CS(=O)(=O)Nc1ccc(-c2cccs2)cc1. The molecule has 84 valence electrons. The Hall–Kier alpha value is -1.33. The van der Waals surface area contributed by atoms with E-state index in [9.17, 15) is 8.42 Å². The molecule has 1 N–H and O–H groups in total. The highest BCUT2D eigenvalue weighted by Crippen LogP contribution is 2.25. The van der Waals surface area contributed by atoms with E-state index >= 15 is 0 Å². The van der Waals surface area contributed by atoms with Crippen LogP contribution in [0.2, 0.25) is 0 Å². The average molecular weight is 253 g/mol. The smallest absolute Gasteiger partial charge is 0.229 e. The van der Waals surface area contributed by atoms with E-state index in [0.717, 1.165) is 11.8 Å². The molecule has 2 rings (SSSR count). The zero-order valence-electron chi connectivity index (χ0n) is 8.67. The van der Waals surface area contributed by atoms with Gasteiger partial charge in [-0.25, -0.2) is 8.42 Å². The highest BCUT2D eigenvalue weighted by atomic mass is 32.2.